The van der Waals surface area contributed by atoms with Gasteiger partial charge >= 0.3 is 0 Å². The van der Waals surface area contributed by atoms with Crippen molar-refractivity contribution < 1.29 is 4.42 Å². The van der Waals surface area contributed by atoms with E-state index in [1.165, 1.54) is 36.3 Å². The second-order valence-corrected chi connectivity index (χ2v) is 18.6. The van der Waals surface area contributed by atoms with Gasteiger partial charge in [0, 0.05) is 74.9 Å². The molecular formula is C61H35N5OS. The minimum absolute atomic E-state index is 0.550. The second kappa shape index (κ2) is 14.3. The molecule has 6 nitrogen and oxygen atoms in total. The molecule has 7 heteroatoms. The van der Waals surface area contributed by atoms with Crippen molar-refractivity contribution >= 4 is 108 Å². The Bertz CT molecular complexity index is 4580. The van der Waals surface area contributed by atoms with Crippen LogP contribution in [-0.4, -0.2) is 24.1 Å². The van der Waals surface area contributed by atoms with Crippen LogP contribution in [-0.2, 0) is 0 Å². The van der Waals surface area contributed by atoms with Gasteiger partial charge in [0.15, 0.2) is 17.5 Å². The number of benzene rings is 10. The van der Waals surface area contributed by atoms with E-state index < -0.39 is 0 Å². The van der Waals surface area contributed by atoms with E-state index in [1.54, 1.807) is 11.3 Å². The quantitative estimate of drug-likeness (QED) is 0.173. The molecule has 15 aromatic rings. The minimum atomic E-state index is 0.550. The number of hydrogen-bond donors (Lipinski definition) is 0. The van der Waals surface area contributed by atoms with E-state index in [9.17, 15) is 0 Å². The number of nitrogens with zero attached hydrogens (tertiary/aromatic N) is 5. The zero-order chi connectivity index (χ0) is 44.5. The SMILES string of the molecule is c1ccc(-n2c3ccccc3c3c(-c4nc(-c5cc6oc7ccccc7c6cc5-n5c6ccccc6c6cc7ccccc7cc65)nc(-c5cccc6sc7ccccc7c56)n4)cccc32)cc1. The van der Waals surface area contributed by atoms with Crippen molar-refractivity contribution in [1.29, 1.82) is 0 Å². The van der Waals surface area contributed by atoms with Crippen molar-refractivity contribution in [2.45, 2.75) is 0 Å². The lowest BCUT2D eigenvalue weighted by atomic mass is 10.0. The van der Waals surface area contributed by atoms with Gasteiger partial charge in [-0.05, 0) is 83.6 Å². The van der Waals surface area contributed by atoms with Gasteiger partial charge in [0.05, 0.1) is 27.8 Å². The topological polar surface area (TPSA) is 61.7 Å². The van der Waals surface area contributed by atoms with Crippen molar-refractivity contribution in [3.05, 3.63) is 212 Å². The number of rotatable bonds is 5. The van der Waals surface area contributed by atoms with E-state index in [0.29, 0.717) is 17.5 Å². The molecule has 0 aliphatic heterocycles. The maximum absolute atomic E-state index is 6.71. The van der Waals surface area contributed by atoms with E-state index in [1.807, 2.05) is 12.1 Å². The monoisotopic (exact) mass is 885 g/mol. The summed E-state index contributed by atoms with van der Waals surface area (Å²) in [5.41, 5.74) is 10.7. The number of furan rings is 1. The molecule has 0 aliphatic carbocycles. The van der Waals surface area contributed by atoms with Crippen molar-refractivity contribution in [2.75, 3.05) is 0 Å². The van der Waals surface area contributed by atoms with E-state index >= 15 is 0 Å². The van der Waals surface area contributed by atoms with E-state index in [2.05, 4.69) is 209 Å². The molecule has 68 heavy (non-hydrogen) atoms. The summed E-state index contributed by atoms with van der Waals surface area (Å²) in [5.74, 6) is 1.74. The van der Waals surface area contributed by atoms with Gasteiger partial charge in [-0.1, -0.05) is 140 Å². The van der Waals surface area contributed by atoms with Crippen molar-refractivity contribution in [1.82, 2.24) is 24.1 Å². The smallest absolute Gasteiger partial charge is 0.166 e. The van der Waals surface area contributed by atoms with Crippen LogP contribution in [0, 0.1) is 0 Å². The van der Waals surface area contributed by atoms with Crippen LogP contribution >= 0.6 is 11.3 Å². The number of aromatic nitrogens is 5. The summed E-state index contributed by atoms with van der Waals surface area (Å²) in [5, 5.41) is 11.3. The first-order valence-corrected chi connectivity index (χ1v) is 23.7. The summed E-state index contributed by atoms with van der Waals surface area (Å²) in [6.07, 6.45) is 0. The molecule has 0 saturated heterocycles. The summed E-state index contributed by atoms with van der Waals surface area (Å²) >= 11 is 1.79. The summed E-state index contributed by atoms with van der Waals surface area (Å²) < 4.78 is 13.9. The molecule has 0 saturated carbocycles. The molecule has 5 heterocycles. The molecule has 10 aromatic carbocycles. The van der Waals surface area contributed by atoms with Gasteiger partial charge in [-0.25, -0.2) is 15.0 Å². The van der Waals surface area contributed by atoms with Gasteiger partial charge in [-0.3, -0.25) is 0 Å². The number of thiophene rings is 1. The number of hydrogen-bond acceptors (Lipinski definition) is 5. The van der Waals surface area contributed by atoms with Gasteiger partial charge in [0.1, 0.15) is 11.2 Å². The fourth-order valence-electron chi connectivity index (χ4n) is 10.8. The van der Waals surface area contributed by atoms with E-state index in [-0.39, 0.29) is 0 Å². The summed E-state index contributed by atoms with van der Waals surface area (Å²) in [6, 6.07) is 75.5. The first kappa shape index (κ1) is 37.3. The second-order valence-electron chi connectivity index (χ2n) is 17.5. The van der Waals surface area contributed by atoms with Crippen molar-refractivity contribution in [3.8, 4) is 45.5 Å². The molecule has 0 unspecified atom stereocenters. The zero-order valence-electron chi connectivity index (χ0n) is 36.3. The molecule has 0 radical (unpaired) electrons. The van der Waals surface area contributed by atoms with Crippen molar-refractivity contribution in [3.63, 3.8) is 0 Å². The highest BCUT2D eigenvalue weighted by Crippen LogP contribution is 2.45. The third-order valence-corrected chi connectivity index (χ3v) is 14.9. The summed E-state index contributed by atoms with van der Waals surface area (Å²) in [7, 11) is 0. The molecule has 316 valence electrons. The van der Waals surface area contributed by atoms with Crippen LogP contribution in [0.15, 0.2) is 217 Å². The molecule has 5 aromatic heterocycles. The molecule has 0 bridgehead atoms. The lowest BCUT2D eigenvalue weighted by molar-refractivity contribution is 0.669. The lowest BCUT2D eigenvalue weighted by Gasteiger charge is -2.16. The van der Waals surface area contributed by atoms with Gasteiger partial charge < -0.3 is 13.6 Å². The molecule has 0 fully saturated rings. The Hall–Kier alpha value is -8.91. The molecule has 0 amide bonds. The van der Waals surface area contributed by atoms with Gasteiger partial charge in [-0.2, -0.15) is 0 Å². The van der Waals surface area contributed by atoms with Gasteiger partial charge in [0.2, 0.25) is 0 Å². The maximum atomic E-state index is 6.71. The standard InChI is InChI=1S/C61H35N5OS/c1-2-18-38(19-3-1)65-49-27-11-7-22-41(49)57-43(24-14-28-50(57)65)59-62-60(44-25-15-31-56-58(44)42-23-9-13-30-55(42)68-56)64-61(63-59)47-35-54-46(40-21-8-12-29-53(40)67-54)34-52(47)66-48-26-10-6-20-39(48)45-32-36-16-4-5-17-37(36)33-51(45)66/h1-35H. The molecule has 0 spiro atoms. The first-order chi connectivity index (χ1) is 33.7. The normalized spacial score (nSPS) is 12.1. The minimum Gasteiger partial charge on any atom is -0.456 e. The maximum Gasteiger partial charge on any atom is 0.166 e. The Morgan fingerprint density at radius 1 is 0.338 bits per heavy atom. The Kier molecular flexibility index (Phi) is 7.85. The van der Waals surface area contributed by atoms with Gasteiger partial charge in [-0.15, -0.1) is 11.3 Å². The highest BCUT2D eigenvalue weighted by atomic mass is 32.1. The summed E-state index contributed by atoms with van der Waals surface area (Å²) in [4.78, 5) is 16.8. The van der Waals surface area contributed by atoms with Crippen LogP contribution in [0.25, 0.3) is 142 Å². The van der Waals surface area contributed by atoms with Crippen LogP contribution in [0.5, 0.6) is 0 Å². The highest BCUT2D eigenvalue weighted by molar-refractivity contribution is 7.25. The van der Waals surface area contributed by atoms with Crippen LogP contribution in [0.4, 0.5) is 0 Å². The Morgan fingerprint density at radius 2 is 0.926 bits per heavy atom. The van der Waals surface area contributed by atoms with Gasteiger partial charge in [0.25, 0.3) is 0 Å². The fourth-order valence-corrected chi connectivity index (χ4v) is 11.9. The Morgan fingerprint density at radius 3 is 1.74 bits per heavy atom. The molecule has 0 atom stereocenters. The number of fused-ring (bicyclic) bond motifs is 13. The van der Waals surface area contributed by atoms with Crippen LogP contribution in [0.1, 0.15) is 0 Å². The molecule has 0 N–H and O–H groups in total. The first-order valence-electron chi connectivity index (χ1n) is 22.8. The third kappa shape index (κ3) is 5.42. The lowest BCUT2D eigenvalue weighted by Crippen LogP contribution is -2.04. The zero-order valence-corrected chi connectivity index (χ0v) is 37.1. The summed E-state index contributed by atoms with van der Waals surface area (Å²) in [6.45, 7) is 0. The predicted octanol–water partition coefficient (Wildman–Crippen LogP) is 16.5. The van der Waals surface area contributed by atoms with E-state index in [4.69, 9.17) is 19.4 Å². The largest absolute Gasteiger partial charge is 0.456 e. The predicted molar refractivity (Wildman–Crippen MR) is 282 cm³/mol. The third-order valence-electron chi connectivity index (χ3n) is 13.7. The highest BCUT2D eigenvalue weighted by Gasteiger charge is 2.25. The fraction of sp³-hybridized carbons (Fsp3) is 0. The average Bonchev–Trinajstić information content (AvgIpc) is 4.15. The van der Waals surface area contributed by atoms with E-state index in [0.717, 1.165) is 88.2 Å². The molecule has 0 aliphatic rings. The van der Waals surface area contributed by atoms with Crippen molar-refractivity contribution in [2.24, 2.45) is 0 Å². The Labute approximate surface area is 392 Å². The number of para-hydroxylation sites is 4. The average molecular weight is 886 g/mol. The molecule has 15 rings (SSSR count). The molecular weight excluding hydrogens is 851 g/mol. The van der Waals surface area contributed by atoms with Crippen LogP contribution in [0.2, 0.25) is 0 Å². The van der Waals surface area contributed by atoms with Crippen LogP contribution < -0.4 is 0 Å². The van der Waals surface area contributed by atoms with Crippen LogP contribution in [0.3, 0.4) is 0 Å². The Balaban J connectivity index is 1.09.